The van der Waals surface area contributed by atoms with Gasteiger partial charge in [-0.05, 0) is 5.56 Å². The highest BCUT2D eigenvalue weighted by atomic mass is 16.5. The van der Waals surface area contributed by atoms with Crippen molar-refractivity contribution >= 4 is 6.40 Å². The summed E-state index contributed by atoms with van der Waals surface area (Å²) in [6.45, 7) is 2.03. The summed E-state index contributed by atoms with van der Waals surface area (Å²) in [6.07, 6.45) is 1.68. The van der Waals surface area contributed by atoms with Crippen LogP contribution in [-0.4, -0.2) is 18.0 Å². The maximum atomic E-state index is 5.31. The van der Waals surface area contributed by atoms with Crippen LogP contribution >= 0.6 is 0 Å². The second-order valence-electron chi connectivity index (χ2n) is 2.56. The number of nitrogens with zero attached hydrogens (tertiary/aromatic N) is 1. The van der Waals surface area contributed by atoms with Crippen LogP contribution in [0.15, 0.2) is 24.3 Å². The monoisotopic (exact) mass is 147 g/mol. The number of para-hydroxylation sites is 1. The Morgan fingerprint density at radius 3 is 3.09 bits per heavy atom. The third kappa shape index (κ3) is 1.07. The molecule has 0 spiro atoms. The number of rotatable bonds is 0. The van der Waals surface area contributed by atoms with Gasteiger partial charge in [0.25, 0.3) is 6.40 Å². The molecule has 0 saturated carbocycles. The smallest absolute Gasteiger partial charge is 0.253 e. The van der Waals surface area contributed by atoms with E-state index in [1.54, 1.807) is 6.40 Å². The van der Waals surface area contributed by atoms with Crippen molar-refractivity contribution in [3.63, 3.8) is 0 Å². The Kier molecular flexibility index (Phi) is 1.32. The lowest BCUT2D eigenvalue weighted by atomic mass is 10.2. The minimum atomic E-state index is 0.922. The quantitative estimate of drug-likeness (QED) is 0.397. The van der Waals surface area contributed by atoms with E-state index in [-0.39, 0.29) is 0 Å². The van der Waals surface area contributed by atoms with Gasteiger partial charge in [0, 0.05) is 5.75 Å². The average molecular weight is 147 g/mol. The molecule has 1 aromatic carbocycles. The molecule has 1 aromatic rings. The van der Waals surface area contributed by atoms with Gasteiger partial charge in [-0.2, -0.15) is 0 Å². The first-order valence-corrected chi connectivity index (χ1v) is 3.52. The number of benzene rings is 1. The molecule has 1 heterocycles. The highest BCUT2D eigenvalue weighted by molar-refractivity contribution is 5.53. The summed E-state index contributed by atoms with van der Waals surface area (Å²) in [5.74, 6) is 0.922. The van der Waals surface area contributed by atoms with Crippen LogP contribution in [-0.2, 0) is 0 Å². The van der Waals surface area contributed by atoms with Crippen LogP contribution in [0, 0.1) is 6.54 Å². The molecule has 0 amide bonds. The van der Waals surface area contributed by atoms with Crippen LogP contribution in [0.25, 0.3) is 0 Å². The molecule has 2 rings (SSSR count). The molecule has 0 fully saturated rings. The lowest BCUT2D eigenvalue weighted by Crippen LogP contribution is -2.14. The predicted octanol–water partition coefficient (Wildman–Crippen LogP) is 1.26. The van der Waals surface area contributed by atoms with Gasteiger partial charge in [-0.25, -0.2) is 0 Å². The molecule has 2 nitrogen and oxygen atoms in total. The van der Waals surface area contributed by atoms with Crippen molar-refractivity contribution in [1.29, 1.82) is 0 Å². The number of ether oxygens (including phenoxy) is 1. The Bertz CT molecular complexity index is 304. The minimum absolute atomic E-state index is 0.922. The summed E-state index contributed by atoms with van der Waals surface area (Å²) in [5, 5.41) is 0. The van der Waals surface area contributed by atoms with E-state index in [4.69, 9.17) is 4.74 Å². The maximum Gasteiger partial charge on any atom is 0.253 e. The Hall–Kier alpha value is -1.44. The van der Waals surface area contributed by atoms with Crippen molar-refractivity contribution in [3.8, 4) is 5.75 Å². The van der Waals surface area contributed by atoms with Crippen LogP contribution in [0.3, 0.4) is 0 Å². The fourth-order valence-electron chi connectivity index (χ4n) is 1.08. The number of hydrogen-bond donors (Lipinski definition) is 0. The van der Waals surface area contributed by atoms with Crippen LogP contribution < -0.4 is 4.74 Å². The Morgan fingerprint density at radius 2 is 2.18 bits per heavy atom. The zero-order chi connectivity index (χ0) is 7.68. The van der Waals surface area contributed by atoms with E-state index in [0.717, 1.165) is 11.3 Å². The molecule has 0 bridgehead atoms. The summed E-state index contributed by atoms with van der Waals surface area (Å²) in [6, 6.07) is 7.94. The molecule has 2 heteroatoms. The van der Waals surface area contributed by atoms with Crippen LogP contribution in [0.4, 0.5) is 0 Å². The standard InChI is InChI=1S/C9H9NO/c1-10-6-8-4-2-3-5-9(8)11-7-10/h2-7H,1H3. The van der Waals surface area contributed by atoms with E-state index >= 15 is 0 Å². The number of fused-ring (bicyclic) bond motifs is 1. The van der Waals surface area contributed by atoms with Crippen molar-refractivity contribution in [2.24, 2.45) is 0 Å². The Labute approximate surface area is 65.7 Å². The Balaban J connectivity index is 2.42. The fraction of sp³-hybridized carbons (Fsp3) is 0.111. The van der Waals surface area contributed by atoms with Crippen molar-refractivity contribution < 1.29 is 9.31 Å². The van der Waals surface area contributed by atoms with E-state index < -0.39 is 0 Å². The van der Waals surface area contributed by atoms with Gasteiger partial charge in [-0.15, -0.1) is 12.1 Å². The molecule has 0 atom stereocenters. The minimum Gasteiger partial charge on any atom is -0.502 e. The van der Waals surface area contributed by atoms with Gasteiger partial charge in [0.05, 0.1) is 6.54 Å². The fourth-order valence-corrected chi connectivity index (χ4v) is 1.08. The van der Waals surface area contributed by atoms with E-state index in [9.17, 15) is 0 Å². The van der Waals surface area contributed by atoms with Crippen LogP contribution in [0.5, 0.6) is 5.75 Å². The molecule has 0 aromatic heterocycles. The van der Waals surface area contributed by atoms with Gasteiger partial charge in [0.2, 0.25) is 0 Å². The summed E-state index contributed by atoms with van der Waals surface area (Å²) < 4.78 is 7.20. The molecule has 11 heavy (non-hydrogen) atoms. The lowest BCUT2D eigenvalue weighted by Gasteiger charge is -2.17. The second-order valence-corrected chi connectivity index (χ2v) is 2.56. The first-order chi connectivity index (χ1) is 5.36. The van der Waals surface area contributed by atoms with Crippen LogP contribution in [0.2, 0.25) is 0 Å². The summed E-state index contributed by atoms with van der Waals surface area (Å²) in [4.78, 5) is 0. The molecule has 1 aliphatic heterocycles. The zero-order valence-corrected chi connectivity index (χ0v) is 6.32. The molecule has 56 valence electrons. The maximum absolute atomic E-state index is 5.31. The average Bonchev–Trinajstić information content (AvgIpc) is 2.04. The number of hydrogen-bond acceptors (Lipinski definition) is 1. The van der Waals surface area contributed by atoms with Gasteiger partial charge in [-0.1, -0.05) is 12.1 Å². The van der Waals surface area contributed by atoms with Crippen LogP contribution in [0.1, 0.15) is 5.56 Å². The highest BCUT2D eigenvalue weighted by Crippen LogP contribution is 2.21. The van der Waals surface area contributed by atoms with Crippen molar-refractivity contribution in [3.05, 3.63) is 36.4 Å². The molecule has 0 N–H and O–H groups in total. The molecule has 0 saturated heterocycles. The van der Waals surface area contributed by atoms with Crippen molar-refractivity contribution in [2.75, 3.05) is 7.05 Å². The van der Waals surface area contributed by atoms with Gasteiger partial charge >= 0.3 is 0 Å². The first kappa shape index (κ1) is 6.28. The molecule has 0 aliphatic carbocycles. The largest absolute Gasteiger partial charge is 0.502 e. The highest BCUT2D eigenvalue weighted by Gasteiger charge is 2.04. The second kappa shape index (κ2) is 2.31. The van der Waals surface area contributed by atoms with E-state index in [2.05, 4.69) is 0 Å². The predicted molar refractivity (Wildman–Crippen MR) is 42.7 cm³/mol. The van der Waals surface area contributed by atoms with Gasteiger partial charge < -0.3 is 4.74 Å². The van der Waals surface area contributed by atoms with E-state index in [0.29, 0.717) is 0 Å². The molecule has 0 unspecified atom stereocenters. The van der Waals surface area contributed by atoms with Gasteiger partial charge in [0.1, 0.15) is 7.05 Å². The molecule has 0 radical (unpaired) electrons. The normalized spacial score (nSPS) is 14.1. The molecular formula is C9H9NO. The van der Waals surface area contributed by atoms with Gasteiger partial charge in [0.15, 0.2) is 0 Å². The SMILES string of the molecule is C[N+]1=COc2ccccc2[CH-]1. The third-order valence-electron chi connectivity index (χ3n) is 1.61. The zero-order valence-electron chi connectivity index (χ0n) is 6.32. The van der Waals surface area contributed by atoms with Crippen molar-refractivity contribution in [2.45, 2.75) is 0 Å². The summed E-state index contributed by atoms with van der Waals surface area (Å²) in [5.41, 5.74) is 1.12. The summed E-state index contributed by atoms with van der Waals surface area (Å²) >= 11 is 0. The molecular weight excluding hydrogens is 138 g/mol. The van der Waals surface area contributed by atoms with Crippen molar-refractivity contribution in [1.82, 2.24) is 0 Å². The topological polar surface area (TPSA) is 12.2 Å². The molecule has 1 aliphatic rings. The lowest BCUT2D eigenvalue weighted by molar-refractivity contribution is -0.453. The Morgan fingerprint density at radius 1 is 1.36 bits per heavy atom. The van der Waals surface area contributed by atoms with E-state index in [1.807, 2.05) is 42.4 Å². The third-order valence-corrected chi connectivity index (χ3v) is 1.61. The van der Waals surface area contributed by atoms with E-state index in [1.165, 1.54) is 0 Å². The first-order valence-electron chi connectivity index (χ1n) is 3.52. The summed E-state index contributed by atoms with van der Waals surface area (Å²) in [7, 11) is 1.94. The van der Waals surface area contributed by atoms with Gasteiger partial charge in [-0.3, -0.25) is 4.58 Å².